The van der Waals surface area contributed by atoms with Crippen LogP contribution in [0, 0.1) is 0 Å². The van der Waals surface area contributed by atoms with E-state index in [1.807, 2.05) is 0 Å². The lowest BCUT2D eigenvalue weighted by atomic mass is 10.1. The van der Waals surface area contributed by atoms with Gasteiger partial charge in [0.1, 0.15) is 11.9 Å². The number of hydrogen-bond acceptors (Lipinski definition) is 5. The van der Waals surface area contributed by atoms with Crippen molar-refractivity contribution in [2.45, 2.75) is 6.42 Å². The molecule has 7 heteroatoms. The Morgan fingerprint density at radius 3 is 2.37 bits per heavy atom. The number of amides is 1. The van der Waals surface area contributed by atoms with Gasteiger partial charge in [-0.2, -0.15) is 0 Å². The topological polar surface area (TPSA) is 84.9 Å². The van der Waals surface area contributed by atoms with Crippen LogP contribution >= 0.6 is 7.60 Å². The number of hydrogen-bond donors (Lipinski definition) is 2. The first-order valence-electron chi connectivity index (χ1n) is 5.74. The van der Waals surface area contributed by atoms with Crippen LogP contribution in [-0.2, 0) is 24.8 Å². The van der Waals surface area contributed by atoms with Gasteiger partial charge in [0.25, 0.3) is 0 Å². The molecule has 0 spiro atoms. The second kappa shape index (κ2) is 7.28. The summed E-state index contributed by atoms with van der Waals surface area (Å²) in [4.78, 5) is 11.5. The molecule has 0 atom stereocenters. The average molecular weight is 287 g/mol. The molecule has 0 saturated carbocycles. The van der Waals surface area contributed by atoms with Crippen molar-refractivity contribution in [1.82, 2.24) is 5.32 Å². The molecule has 1 rings (SSSR count). The van der Waals surface area contributed by atoms with Gasteiger partial charge in [-0.05, 0) is 24.1 Å². The lowest BCUT2D eigenvalue weighted by Gasteiger charge is -2.13. The lowest BCUT2D eigenvalue weighted by molar-refractivity contribution is -0.118. The summed E-state index contributed by atoms with van der Waals surface area (Å²) < 4.78 is 21.1. The van der Waals surface area contributed by atoms with Crippen LogP contribution in [0.25, 0.3) is 0 Å². The highest BCUT2D eigenvalue weighted by atomic mass is 31.2. The summed E-state index contributed by atoms with van der Waals surface area (Å²) in [5, 5.41) is 11.8. The van der Waals surface area contributed by atoms with E-state index in [4.69, 9.17) is 5.11 Å². The fourth-order valence-electron chi connectivity index (χ4n) is 1.44. The molecule has 19 heavy (non-hydrogen) atoms. The molecule has 1 aromatic rings. The van der Waals surface area contributed by atoms with E-state index in [9.17, 15) is 9.36 Å². The van der Waals surface area contributed by atoms with Gasteiger partial charge >= 0.3 is 7.60 Å². The second-order valence-electron chi connectivity index (χ2n) is 3.90. The van der Waals surface area contributed by atoms with Crippen LogP contribution in [0.4, 0.5) is 0 Å². The molecule has 0 radical (unpaired) electrons. The van der Waals surface area contributed by atoms with Gasteiger partial charge < -0.3 is 19.5 Å². The van der Waals surface area contributed by atoms with Gasteiger partial charge in [-0.1, -0.05) is 12.1 Å². The van der Waals surface area contributed by atoms with Crippen molar-refractivity contribution in [1.29, 1.82) is 0 Å². The summed E-state index contributed by atoms with van der Waals surface area (Å²) in [5.41, 5.74) is 0.986. The number of phenolic OH excluding ortho intramolecular Hbond substituents is 1. The molecular weight excluding hydrogens is 269 g/mol. The summed E-state index contributed by atoms with van der Waals surface area (Å²) in [6.07, 6.45) is 0.325. The summed E-state index contributed by atoms with van der Waals surface area (Å²) in [6.45, 7) is 0.414. The first-order valence-corrected chi connectivity index (χ1v) is 7.47. The van der Waals surface area contributed by atoms with Crippen LogP contribution in [0.15, 0.2) is 24.3 Å². The van der Waals surface area contributed by atoms with E-state index < -0.39 is 7.60 Å². The summed E-state index contributed by atoms with van der Waals surface area (Å²) in [5.74, 6) is -0.181. The second-order valence-corrected chi connectivity index (χ2v) is 6.17. The van der Waals surface area contributed by atoms with Crippen molar-refractivity contribution in [3.63, 3.8) is 0 Å². The Hall–Kier alpha value is -1.36. The molecule has 0 aliphatic carbocycles. The van der Waals surface area contributed by atoms with Crippen molar-refractivity contribution >= 4 is 13.5 Å². The van der Waals surface area contributed by atoms with Crippen LogP contribution in [-0.4, -0.2) is 37.9 Å². The molecule has 106 valence electrons. The predicted octanol–water partition coefficient (Wildman–Crippen LogP) is 1.54. The summed E-state index contributed by atoms with van der Waals surface area (Å²) in [7, 11) is -0.813. The van der Waals surface area contributed by atoms with Gasteiger partial charge in [0.15, 0.2) is 0 Å². The van der Waals surface area contributed by atoms with Crippen LogP contribution in [0.5, 0.6) is 5.75 Å². The van der Waals surface area contributed by atoms with Gasteiger partial charge in [-0.3, -0.25) is 9.36 Å². The van der Waals surface area contributed by atoms with E-state index in [1.165, 1.54) is 14.2 Å². The average Bonchev–Trinajstić information content (AvgIpc) is 2.41. The molecule has 2 N–H and O–H groups in total. The van der Waals surface area contributed by atoms with E-state index >= 15 is 0 Å². The Bertz CT molecular complexity index is 452. The molecule has 0 fully saturated rings. The predicted molar refractivity (Wildman–Crippen MR) is 71.3 cm³/mol. The number of nitrogens with one attached hydrogen (secondary N) is 1. The molecule has 0 aliphatic rings. The molecule has 0 bridgehead atoms. The van der Waals surface area contributed by atoms with E-state index in [1.54, 1.807) is 24.3 Å². The Morgan fingerprint density at radius 2 is 1.84 bits per heavy atom. The normalized spacial score (nSPS) is 11.3. The van der Waals surface area contributed by atoms with Gasteiger partial charge in [0.2, 0.25) is 5.91 Å². The third kappa shape index (κ3) is 5.42. The van der Waals surface area contributed by atoms with Crippen LogP contribution in [0.2, 0.25) is 0 Å². The van der Waals surface area contributed by atoms with E-state index in [0.717, 1.165) is 5.56 Å². The Morgan fingerprint density at radius 1 is 1.26 bits per heavy atom. The Balaban J connectivity index is 2.35. The van der Waals surface area contributed by atoms with Crippen LogP contribution in [0.1, 0.15) is 5.56 Å². The fourth-order valence-corrected chi connectivity index (χ4v) is 2.32. The highest BCUT2D eigenvalue weighted by Gasteiger charge is 2.25. The minimum Gasteiger partial charge on any atom is -0.508 e. The van der Waals surface area contributed by atoms with Gasteiger partial charge in [-0.15, -0.1) is 0 Å². The van der Waals surface area contributed by atoms with Crippen molar-refractivity contribution in [2.75, 3.05) is 26.9 Å². The van der Waals surface area contributed by atoms with E-state index in [-0.39, 0.29) is 17.8 Å². The fraction of sp³-hybridized carbons (Fsp3) is 0.417. The molecule has 0 heterocycles. The third-order valence-electron chi connectivity index (χ3n) is 2.57. The molecular formula is C12H18NO5P. The number of carbonyl (C=O) groups is 1. The molecule has 6 nitrogen and oxygen atoms in total. The first kappa shape index (κ1) is 15.7. The Labute approximate surface area is 112 Å². The van der Waals surface area contributed by atoms with Gasteiger partial charge in [0.05, 0.1) is 0 Å². The van der Waals surface area contributed by atoms with Crippen molar-refractivity contribution in [3.05, 3.63) is 29.8 Å². The number of benzene rings is 1. The largest absolute Gasteiger partial charge is 0.508 e. The van der Waals surface area contributed by atoms with Crippen LogP contribution < -0.4 is 5.32 Å². The highest BCUT2D eigenvalue weighted by molar-refractivity contribution is 7.54. The van der Waals surface area contributed by atoms with Crippen LogP contribution in [0.3, 0.4) is 0 Å². The summed E-state index contributed by atoms with van der Waals surface area (Å²) in [6, 6.07) is 6.72. The maximum Gasteiger partial charge on any atom is 0.339 e. The van der Waals surface area contributed by atoms with Crippen molar-refractivity contribution in [3.8, 4) is 5.75 Å². The Kier molecular flexibility index (Phi) is 6.02. The molecule has 0 saturated heterocycles. The maximum absolute atomic E-state index is 11.7. The molecule has 0 aromatic heterocycles. The molecule has 0 unspecified atom stereocenters. The monoisotopic (exact) mass is 287 g/mol. The minimum atomic E-state index is -3.30. The number of rotatable bonds is 7. The number of phenols is 1. The zero-order valence-corrected chi connectivity index (χ0v) is 11.9. The SMILES string of the molecule is COP(=O)(CC(=O)NCCc1ccc(O)cc1)OC. The zero-order chi connectivity index (χ0) is 14.3. The molecule has 0 aliphatic heterocycles. The maximum atomic E-state index is 11.7. The van der Waals surface area contributed by atoms with Crippen molar-refractivity contribution in [2.24, 2.45) is 0 Å². The zero-order valence-electron chi connectivity index (χ0n) is 11.0. The standard InChI is InChI=1S/C12H18NO5P/c1-17-19(16,18-2)9-12(15)13-8-7-10-3-5-11(14)6-4-10/h3-6,14H,7-9H2,1-2H3,(H,13,15). The van der Waals surface area contributed by atoms with Gasteiger partial charge in [0, 0.05) is 20.8 Å². The van der Waals surface area contributed by atoms with Crippen molar-refractivity contribution < 1.29 is 23.5 Å². The summed E-state index contributed by atoms with van der Waals surface area (Å²) >= 11 is 0. The van der Waals surface area contributed by atoms with Gasteiger partial charge in [-0.25, -0.2) is 0 Å². The van der Waals surface area contributed by atoms with E-state index in [2.05, 4.69) is 14.4 Å². The quantitative estimate of drug-likeness (QED) is 0.743. The molecule has 1 amide bonds. The third-order valence-corrected chi connectivity index (χ3v) is 4.35. The number of carbonyl (C=O) groups excluding carboxylic acids is 1. The van der Waals surface area contributed by atoms with E-state index in [0.29, 0.717) is 13.0 Å². The first-order chi connectivity index (χ1) is 8.99. The smallest absolute Gasteiger partial charge is 0.339 e. The number of aromatic hydroxyl groups is 1. The minimum absolute atomic E-state index is 0.203. The lowest BCUT2D eigenvalue weighted by Crippen LogP contribution is -2.28. The molecule has 1 aromatic carbocycles. The highest BCUT2D eigenvalue weighted by Crippen LogP contribution is 2.45.